The number of aromatic nitrogens is 1. The van der Waals surface area contributed by atoms with E-state index in [1.54, 1.807) is 12.4 Å². The molecular formula is C17H24N4. The normalized spacial score (nSPS) is 12.3. The number of nitrogen functional groups attached to an aromatic ring is 1. The monoisotopic (exact) mass is 284 g/mol. The summed E-state index contributed by atoms with van der Waals surface area (Å²) in [4.78, 5) is 6.57. The third-order valence-corrected chi connectivity index (χ3v) is 3.70. The van der Waals surface area contributed by atoms with Crippen LogP contribution in [0.5, 0.6) is 0 Å². The van der Waals surface area contributed by atoms with Gasteiger partial charge in [-0.1, -0.05) is 44.2 Å². The highest BCUT2D eigenvalue weighted by Crippen LogP contribution is 2.21. The third kappa shape index (κ3) is 4.20. The van der Waals surface area contributed by atoms with Gasteiger partial charge in [0.25, 0.3) is 0 Å². The van der Waals surface area contributed by atoms with Crippen LogP contribution < -0.4 is 11.1 Å². The molecule has 0 aliphatic heterocycles. The van der Waals surface area contributed by atoms with E-state index in [0.717, 1.165) is 25.3 Å². The second-order valence-electron chi connectivity index (χ2n) is 5.04. The van der Waals surface area contributed by atoms with Crippen LogP contribution >= 0.6 is 0 Å². The molecule has 4 nitrogen and oxygen atoms in total. The number of likely N-dealkylation sites (N-methyl/N-ethyl adjacent to an activating group) is 1. The molecule has 0 bridgehead atoms. The highest BCUT2D eigenvalue weighted by molar-refractivity contribution is 5.51. The van der Waals surface area contributed by atoms with Crippen molar-refractivity contribution in [2.75, 3.05) is 30.7 Å². The van der Waals surface area contributed by atoms with Crippen LogP contribution in [-0.2, 0) is 0 Å². The topological polar surface area (TPSA) is 54.2 Å². The smallest absolute Gasteiger partial charge is 0.0548 e. The third-order valence-electron chi connectivity index (χ3n) is 3.70. The molecule has 0 saturated heterocycles. The van der Waals surface area contributed by atoms with E-state index in [9.17, 15) is 0 Å². The second kappa shape index (κ2) is 7.64. The van der Waals surface area contributed by atoms with Gasteiger partial charge in [-0.15, -0.1) is 0 Å². The Morgan fingerprint density at radius 2 is 1.86 bits per heavy atom. The first-order valence-corrected chi connectivity index (χ1v) is 7.48. The lowest BCUT2D eigenvalue weighted by molar-refractivity contribution is 0.228. The van der Waals surface area contributed by atoms with Crippen molar-refractivity contribution in [2.45, 2.75) is 19.9 Å². The van der Waals surface area contributed by atoms with E-state index >= 15 is 0 Å². The van der Waals surface area contributed by atoms with Crippen molar-refractivity contribution in [2.24, 2.45) is 0 Å². The van der Waals surface area contributed by atoms with Crippen LogP contribution in [0, 0.1) is 0 Å². The Bertz CT molecular complexity index is 537. The maximum Gasteiger partial charge on any atom is 0.0548 e. The maximum absolute atomic E-state index is 5.78. The number of hydrogen-bond donors (Lipinski definition) is 2. The lowest BCUT2D eigenvalue weighted by atomic mass is 10.0. The van der Waals surface area contributed by atoms with Crippen molar-refractivity contribution in [3.8, 4) is 0 Å². The first-order chi connectivity index (χ1) is 10.2. The van der Waals surface area contributed by atoms with Gasteiger partial charge in [0.15, 0.2) is 0 Å². The van der Waals surface area contributed by atoms with Gasteiger partial charge in [-0.2, -0.15) is 0 Å². The molecule has 3 N–H and O–H groups in total. The van der Waals surface area contributed by atoms with Crippen molar-refractivity contribution in [3.05, 3.63) is 54.4 Å². The molecule has 0 fully saturated rings. The predicted octanol–water partition coefficient (Wildman–Crippen LogP) is 3.16. The molecule has 1 aromatic heterocycles. The fourth-order valence-corrected chi connectivity index (χ4v) is 2.57. The molecule has 21 heavy (non-hydrogen) atoms. The SMILES string of the molecule is CCN(CC)C(CNc1cncc(N)c1)c1ccccc1. The number of benzene rings is 1. The summed E-state index contributed by atoms with van der Waals surface area (Å²) in [5.41, 5.74) is 8.74. The zero-order valence-corrected chi connectivity index (χ0v) is 12.8. The van der Waals surface area contributed by atoms with Gasteiger partial charge in [-0.05, 0) is 24.7 Å². The molecule has 1 aromatic carbocycles. The number of nitrogens with one attached hydrogen (secondary N) is 1. The van der Waals surface area contributed by atoms with Crippen LogP contribution in [0.1, 0.15) is 25.5 Å². The molecule has 2 aromatic rings. The van der Waals surface area contributed by atoms with Gasteiger partial charge in [0.1, 0.15) is 0 Å². The van der Waals surface area contributed by atoms with E-state index in [1.165, 1.54) is 5.56 Å². The summed E-state index contributed by atoms with van der Waals surface area (Å²) in [7, 11) is 0. The first kappa shape index (κ1) is 15.3. The van der Waals surface area contributed by atoms with Crippen molar-refractivity contribution < 1.29 is 0 Å². The minimum absolute atomic E-state index is 0.336. The fraction of sp³-hybridized carbons (Fsp3) is 0.353. The second-order valence-corrected chi connectivity index (χ2v) is 5.04. The number of rotatable bonds is 7. The van der Waals surface area contributed by atoms with Gasteiger partial charge in [0.05, 0.1) is 23.6 Å². The number of hydrogen-bond acceptors (Lipinski definition) is 4. The predicted molar refractivity (Wildman–Crippen MR) is 89.2 cm³/mol. The Kier molecular flexibility index (Phi) is 5.58. The van der Waals surface area contributed by atoms with E-state index in [2.05, 4.69) is 59.4 Å². The molecule has 112 valence electrons. The summed E-state index contributed by atoms with van der Waals surface area (Å²) < 4.78 is 0. The van der Waals surface area contributed by atoms with Crippen molar-refractivity contribution in [1.82, 2.24) is 9.88 Å². The highest BCUT2D eigenvalue weighted by atomic mass is 15.2. The van der Waals surface area contributed by atoms with Crippen LogP contribution in [0.3, 0.4) is 0 Å². The molecule has 0 radical (unpaired) electrons. The van der Waals surface area contributed by atoms with Gasteiger partial charge in [-0.25, -0.2) is 0 Å². The molecule has 0 amide bonds. The molecule has 1 heterocycles. The average molecular weight is 284 g/mol. The summed E-state index contributed by atoms with van der Waals surface area (Å²) in [6.45, 7) is 7.26. The van der Waals surface area contributed by atoms with Crippen molar-refractivity contribution in [1.29, 1.82) is 0 Å². The molecule has 2 rings (SSSR count). The molecule has 0 aliphatic carbocycles. The number of anilines is 2. The van der Waals surface area contributed by atoms with Crippen LogP contribution in [-0.4, -0.2) is 29.5 Å². The number of pyridine rings is 1. The minimum Gasteiger partial charge on any atom is -0.397 e. The Hall–Kier alpha value is -2.07. The van der Waals surface area contributed by atoms with Crippen LogP contribution in [0.4, 0.5) is 11.4 Å². The van der Waals surface area contributed by atoms with Gasteiger partial charge < -0.3 is 11.1 Å². The summed E-state index contributed by atoms with van der Waals surface area (Å²) >= 11 is 0. The van der Waals surface area contributed by atoms with Gasteiger partial charge in [0.2, 0.25) is 0 Å². The van der Waals surface area contributed by atoms with Gasteiger partial charge in [-0.3, -0.25) is 9.88 Å². The zero-order chi connectivity index (χ0) is 15.1. The zero-order valence-electron chi connectivity index (χ0n) is 12.8. The standard InChI is InChI=1S/C17H24N4/c1-3-21(4-2)17(14-8-6-5-7-9-14)13-20-16-10-15(18)11-19-12-16/h5-12,17,20H,3-4,13,18H2,1-2H3. The van der Waals surface area contributed by atoms with Crippen molar-refractivity contribution in [3.63, 3.8) is 0 Å². The highest BCUT2D eigenvalue weighted by Gasteiger charge is 2.17. The molecule has 1 atom stereocenters. The van der Waals surface area contributed by atoms with E-state index in [4.69, 9.17) is 5.73 Å². The molecule has 0 spiro atoms. The van der Waals surface area contributed by atoms with Crippen molar-refractivity contribution >= 4 is 11.4 Å². The molecule has 4 heteroatoms. The largest absolute Gasteiger partial charge is 0.397 e. The van der Waals surface area contributed by atoms with E-state index < -0.39 is 0 Å². The van der Waals surface area contributed by atoms with Gasteiger partial charge in [0, 0.05) is 12.7 Å². The average Bonchev–Trinajstić information content (AvgIpc) is 2.52. The fourth-order valence-electron chi connectivity index (χ4n) is 2.57. The maximum atomic E-state index is 5.78. The first-order valence-electron chi connectivity index (χ1n) is 7.48. The molecule has 0 aliphatic rings. The van der Waals surface area contributed by atoms with Gasteiger partial charge >= 0.3 is 0 Å². The molecule has 0 saturated carbocycles. The number of nitrogens with two attached hydrogens (primary N) is 1. The molecular weight excluding hydrogens is 260 g/mol. The Morgan fingerprint density at radius 1 is 1.14 bits per heavy atom. The minimum atomic E-state index is 0.336. The van der Waals surface area contributed by atoms with E-state index in [-0.39, 0.29) is 0 Å². The van der Waals surface area contributed by atoms with E-state index in [0.29, 0.717) is 11.7 Å². The van der Waals surface area contributed by atoms with Crippen LogP contribution in [0.15, 0.2) is 48.8 Å². The molecule has 1 unspecified atom stereocenters. The summed E-state index contributed by atoms with van der Waals surface area (Å²) in [6, 6.07) is 12.9. The van der Waals surface area contributed by atoms with Crippen LogP contribution in [0.2, 0.25) is 0 Å². The van der Waals surface area contributed by atoms with Crippen LogP contribution in [0.25, 0.3) is 0 Å². The summed E-state index contributed by atoms with van der Waals surface area (Å²) in [6.07, 6.45) is 3.46. The van der Waals surface area contributed by atoms with E-state index in [1.807, 2.05) is 6.07 Å². The summed E-state index contributed by atoms with van der Waals surface area (Å²) in [5, 5.41) is 3.45. The Morgan fingerprint density at radius 3 is 2.48 bits per heavy atom. The summed E-state index contributed by atoms with van der Waals surface area (Å²) in [5.74, 6) is 0. The quantitative estimate of drug-likeness (QED) is 0.820. The Labute approximate surface area is 127 Å². The lowest BCUT2D eigenvalue weighted by Gasteiger charge is -2.30. The lowest BCUT2D eigenvalue weighted by Crippen LogP contribution is -2.33. The number of nitrogens with zero attached hydrogens (tertiary/aromatic N) is 2. The Balaban J connectivity index is 2.13.